The number of sulfonamides is 1. The van der Waals surface area contributed by atoms with Crippen LogP contribution in [0.1, 0.15) is 32.1 Å². The van der Waals surface area contributed by atoms with Gasteiger partial charge in [-0.15, -0.1) is 0 Å². The fourth-order valence-corrected chi connectivity index (χ4v) is 5.22. The molecule has 1 aliphatic carbocycles. The van der Waals surface area contributed by atoms with E-state index in [1.54, 1.807) is 16.4 Å². The monoisotopic (exact) mass is 281 g/mol. The third-order valence-electron chi connectivity index (χ3n) is 4.30. The minimum Gasteiger partial charge on any atom is -0.396 e. The molecule has 3 rings (SSSR count). The lowest BCUT2D eigenvalue weighted by Crippen LogP contribution is -2.46. The first-order chi connectivity index (χ1) is 9.10. The second-order valence-electron chi connectivity index (χ2n) is 5.41. The van der Waals surface area contributed by atoms with Crippen molar-refractivity contribution in [3.05, 3.63) is 18.3 Å². The first kappa shape index (κ1) is 12.9. The molecule has 1 aliphatic heterocycles. The van der Waals surface area contributed by atoms with Gasteiger partial charge >= 0.3 is 0 Å². The number of rotatable bonds is 2. The zero-order chi connectivity index (χ0) is 13.5. The molecular weight excluding hydrogens is 262 g/mol. The van der Waals surface area contributed by atoms with E-state index in [-0.39, 0.29) is 16.8 Å². The molecule has 2 heterocycles. The summed E-state index contributed by atoms with van der Waals surface area (Å²) in [6.45, 7) is 0.597. The molecular formula is C13H19N3O2S. The summed E-state index contributed by atoms with van der Waals surface area (Å²) in [6.07, 6.45) is 6.81. The summed E-state index contributed by atoms with van der Waals surface area (Å²) in [7, 11) is -3.55. The standard InChI is InChI=1S/C13H19N3O2S/c14-11-6-2-8-15-13(11)19(17,18)16-9-3-5-10-4-1-7-12(10)16/h2,6,8,10,12H,1,3-5,7,9,14H2. The van der Waals surface area contributed by atoms with Crippen molar-refractivity contribution in [3.63, 3.8) is 0 Å². The maximum absolute atomic E-state index is 12.7. The third-order valence-corrected chi connectivity index (χ3v) is 6.20. The van der Waals surface area contributed by atoms with Gasteiger partial charge in [-0.2, -0.15) is 4.31 Å². The Kier molecular flexibility index (Phi) is 3.22. The topological polar surface area (TPSA) is 76.3 Å². The predicted octanol–water partition coefficient (Wildman–Crippen LogP) is 1.62. The molecule has 0 bridgehead atoms. The molecule has 0 aromatic carbocycles. The molecule has 1 aromatic heterocycles. The lowest BCUT2D eigenvalue weighted by atomic mass is 9.94. The van der Waals surface area contributed by atoms with Crippen LogP contribution in [0.15, 0.2) is 23.4 Å². The third kappa shape index (κ3) is 2.12. The van der Waals surface area contributed by atoms with Crippen LogP contribution in [0, 0.1) is 5.92 Å². The smallest absolute Gasteiger partial charge is 0.262 e. The number of hydrogen-bond acceptors (Lipinski definition) is 4. The number of nitrogen functional groups attached to an aromatic ring is 1. The van der Waals surface area contributed by atoms with E-state index in [0.717, 1.165) is 32.1 Å². The molecule has 104 valence electrons. The fourth-order valence-electron chi connectivity index (χ4n) is 3.44. The van der Waals surface area contributed by atoms with E-state index in [9.17, 15) is 8.42 Å². The zero-order valence-corrected chi connectivity index (χ0v) is 11.6. The summed E-state index contributed by atoms with van der Waals surface area (Å²) in [5, 5.41) is 0.0162. The quantitative estimate of drug-likeness (QED) is 0.893. The van der Waals surface area contributed by atoms with E-state index in [4.69, 9.17) is 5.73 Å². The SMILES string of the molecule is Nc1cccnc1S(=O)(=O)N1CCCC2CCCC21. The molecule has 2 atom stereocenters. The Labute approximate surface area is 113 Å². The highest BCUT2D eigenvalue weighted by Gasteiger charge is 2.42. The summed E-state index contributed by atoms with van der Waals surface area (Å²) in [4.78, 5) is 3.98. The van der Waals surface area contributed by atoms with Crippen molar-refractivity contribution in [1.82, 2.24) is 9.29 Å². The minimum atomic E-state index is -3.55. The summed E-state index contributed by atoms with van der Waals surface area (Å²) in [5.74, 6) is 0.522. The number of aromatic nitrogens is 1. The van der Waals surface area contributed by atoms with Crippen molar-refractivity contribution in [2.75, 3.05) is 12.3 Å². The molecule has 5 nitrogen and oxygen atoms in total. The van der Waals surface area contributed by atoms with Crippen LogP contribution in [0.5, 0.6) is 0 Å². The molecule has 1 saturated heterocycles. The lowest BCUT2D eigenvalue weighted by molar-refractivity contribution is 0.201. The van der Waals surface area contributed by atoms with Gasteiger partial charge in [0.1, 0.15) is 0 Å². The van der Waals surface area contributed by atoms with Crippen molar-refractivity contribution >= 4 is 15.7 Å². The Morgan fingerprint density at radius 3 is 2.84 bits per heavy atom. The summed E-state index contributed by atoms with van der Waals surface area (Å²) >= 11 is 0. The van der Waals surface area contributed by atoms with Crippen molar-refractivity contribution in [2.24, 2.45) is 5.92 Å². The Balaban J connectivity index is 1.98. The van der Waals surface area contributed by atoms with Gasteiger partial charge in [-0.1, -0.05) is 6.42 Å². The minimum absolute atomic E-state index is 0.0162. The molecule has 2 fully saturated rings. The Morgan fingerprint density at radius 1 is 1.26 bits per heavy atom. The summed E-state index contributed by atoms with van der Waals surface area (Å²) in [6, 6.07) is 3.40. The van der Waals surface area contributed by atoms with Crippen molar-refractivity contribution in [3.8, 4) is 0 Å². The molecule has 1 saturated carbocycles. The molecule has 2 unspecified atom stereocenters. The van der Waals surface area contributed by atoms with Gasteiger partial charge in [-0.3, -0.25) is 0 Å². The van der Waals surface area contributed by atoms with Crippen molar-refractivity contribution in [1.29, 1.82) is 0 Å². The number of nitrogens with two attached hydrogens (primary N) is 1. The average Bonchev–Trinajstić information content (AvgIpc) is 2.86. The molecule has 6 heteroatoms. The number of anilines is 1. The average molecular weight is 281 g/mol. The molecule has 2 N–H and O–H groups in total. The van der Waals surface area contributed by atoms with Crippen molar-refractivity contribution < 1.29 is 8.42 Å². The lowest BCUT2D eigenvalue weighted by Gasteiger charge is -2.36. The van der Waals surface area contributed by atoms with Gasteiger partial charge in [0.25, 0.3) is 10.0 Å². The van der Waals surface area contributed by atoms with Crippen molar-refractivity contribution in [2.45, 2.75) is 43.2 Å². The predicted molar refractivity (Wildman–Crippen MR) is 72.9 cm³/mol. The molecule has 0 spiro atoms. The number of nitrogens with zero attached hydrogens (tertiary/aromatic N) is 2. The van der Waals surface area contributed by atoms with Gasteiger partial charge < -0.3 is 5.73 Å². The van der Waals surface area contributed by atoms with Gasteiger partial charge in [0.15, 0.2) is 5.03 Å². The van der Waals surface area contributed by atoms with Gasteiger partial charge in [0.05, 0.1) is 5.69 Å². The Bertz CT molecular complexity index is 573. The summed E-state index contributed by atoms with van der Waals surface area (Å²) in [5.41, 5.74) is 6.02. The molecule has 0 amide bonds. The number of hydrogen-bond donors (Lipinski definition) is 1. The van der Waals surface area contributed by atoms with E-state index >= 15 is 0 Å². The first-order valence-corrected chi connectivity index (χ1v) is 8.27. The van der Waals surface area contributed by atoms with Crippen LogP contribution in [-0.4, -0.2) is 30.3 Å². The molecule has 2 aliphatic rings. The fraction of sp³-hybridized carbons (Fsp3) is 0.615. The first-order valence-electron chi connectivity index (χ1n) is 6.83. The second kappa shape index (κ2) is 4.76. The van der Waals surface area contributed by atoms with Crippen LogP contribution in [0.4, 0.5) is 5.69 Å². The summed E-state index contributed by atoms with van der Waals surface area (Å²) < 4.78 is 27.1. The van der Waals surface area contributed by atoms with Crippen LogP contribution in [0.3, 0.4) is 0 Å². The number of fused-ring (bicyclic) bond motifs is 1. The van der Waals surface area contributed by atoms with Crippen LogP contribution in [-0.2, 0) is 10.0 Å². The van der Waals surface area contributed by atoms with Gasteiger partial charge in [0.2, 0.25) is 0 Å². The van der Waals surface area contributed by atoms with Gasteiger partial charge in [0, 0.05) is 18.8 Å². The van der Waals surface area contributed by atoms with Gasteiger partial charge in [-0.25, -0.2) is 13.4 Å². The van der Waals surface area contributed by atoms with E-state index in [1.165, 1.54) is 6.20 Å². The van der Waals surface area contributed by atoms with Crippen LogP contribution in [0.25, 0.3) is 0 Å². The number of piperidine rings is 1. The highest BCUT2D eigenvalue weighted by molar-refractivity contribution is 7.89. The van der Waals surface area contributed by atoms with E-state index < -0.39 is 10.0 Å². The number of pyridine rings is 1. The maximum Gasteiger partial charge on any atom is 0.262 e. The zero-order valence-electron chi connectivity index (χ0n) is 10.8. The highest BCUT2D eigenvalue weighted by atomic mass is 32.2. The van der Waals surface area contributed by atoms with E-state index in [0.29, 0.717) is 12.5 Å². The maximum atomic E-state index is 12.7. The van der Waals surface area contributed by atoms with Gasteiger partial charge in [-0.05, 0) is 43.7 Å². The normalized spacial score (nSPS) is 28.2. The Hall–Kier alpha value is -1.14. The van der Waals surface area contributed by atoms with E-state index in [2.05, 4.69) is 4.98 Å². The second-order valence-corrected chi connectivity index (χ2v) is 7.22. The molecule has 1 aromatic rings. The highest BCUT2D eigenvalue weighted by Crippen LogP contribution is 2.39. The van der Waals surface area contributed by atoms with E-state index in [1.807, 2.05) is 0 Å². The largest absolute Gasteiger partial charge is 0.396 e. The van der Waals surface area contributed by atoms with Crippen LogP contribution < -0.4 is 5.73 Å². The van der Waals surface area contributed by atoms with Crippen LogP contribution in [0.2, 0.25) is 0 Å². The Morgan fingerprint density at radius 2 is 2.05 bits per heavy atom. The molecule has 0 radical (unpaired) electrons. The molecule has 19 heavy (non-hydrogen) atoms. The van der Waals surface area contributed by atoms with Crippen LogP contribution >= 0.6 is 0 Å².